The second-order valence-corrected chi connectivity index (χ2v) is 8.25. The Labute approximate surface area is 169 Å². The summed E-state index contributed by atoms with van der Waals surface area (Å²) in [4.78, 5) is 16.9. The van der Waals surface area contributed by atoms with Gasteiger partial charge < -0.3 is 0 Å². The number of halogens is 2. The molecule has 2 rings (SSSR count). The van der Waals surface area contributed by atoms with Crippen molar-refractivity contribution in [3.63, 3.8) is 0 Å². The number of benzene rings is 2. The zero-order valence-corrected chi connectivity index (χ0v) is 16.8. The molecule has 0 heterocycles. The van der Waals surface area contributed by atoms with Gasteiger partial charge in [0.05, 0.1) is 11.5 Å². The summed E-state index contributed by atoms with van der Waals surface area (Å²) in [6, 6.07) is 10.8. The third-order valence-corrected chi connectivity index (χ3v) is 5.65. The highest BCUT2D eigenvalue weighted by molar-refractivity contribution is 7.89. The maximum atomic E-state index is 13.4. The molecule has 29 heavy (non-hydrogen) atoms. The van der Waals surface area contributed by atoms with Crippen LogP contribution in [0.25, 0.3) is 0 Å². The van der Waals surface area contributed by atoms with E-state index in [0.717, 1.165) is 24.1 Å². The van der Waals surface area contributed by atoms with Crippen LogP contribution in [0.1, 0.15) is 38.2 Å². The van der Waals surface area contributed by atoms with E-state index in [2.05, 4.69) is 10.2 Å². The Hall–Kier alpha value is -2.36. The largest absolute Gasteiger partial charge is 0.273 e. The fourth-order valence-electron chi connectivity index (χ4n) is 2.62. The molecular formula is C20H24F2N2O4S. The molecule has 0 fully saturated rings. The third kappa shape index (κ3) is 7.52. The Balaban J connectivity index is 1.96. The summed E-state index contributed by atoms with van der Waals surface area (Å²) >= 11 is 0. The lowest BCUT2D eigenvalue weighted by molar-refractivity contribution is -0.135. The van der Waals surface area contributed by atoms with Crippen LogP contribution in [-0.4, -0.2) is 20.4 Å². The maximum absolute atomic E-state index is 13.4. The van der Waals surface area contributed by atoms with E-state index in [1.165, 1.54) is 0 Å². The summed E-state index contributed by atoms with van der Waals surface area (Å²) in [5, 5.41) is 0. The van der Waals surface area contributed by atoms with E-state index in [-0.39, 0.29) is 13.0 Å². The quantitative estimate of drug-likeness (QED) is 0.539. The van der Waals surface area contributed by atoms with E-state index in [4.69, 9.17) is 4.84 Å². The third-order valence-electron chi connectivity index (χ3n) is 4.13. The zero-order valence-electron chi connectivity index (χ0n) is 16.0. The van der Waals surface area contributed by atoms with Crippen molar-refractivity contribution in [2.75, 3.05) is 0 Å². The highest BCUT2D eigenvalue weighted by Gasteiger charge is 2.23. The predicted octanol–water partition coefficient (Wildman–Crippen LogP) is 3.44. The number of nitrogens with one attached hydrogen (secondary N) is 2. The summed E-state index contributed by atoms with van der Waals surface area (Å²) in [7, 11) is -4.12. The average molecular weight is 426 g/mol. The zero-order chi connectivity index (χ0) is 21.3. The summed E-state index contributed by atoms with van der Waals surface area (Å²) in [5.74, 6) is -2.89. The van der Waals surface area contributed by atoms with Crippen LogP contribution in [0, 0.1) is 11.6 Å². The van der Waals surface area contributed by atoms with Crippen molar-refractivity contribution in [1.82, 2.24) is 10.2 Å². The summed E-state index contributed by atoms with van der Waals surface area (Å²) in [6.07, 6.45) is 1.74. The first kappa shape index (κ1) is 22.9. The topological polar surface area (TPSA) is 84.5 Å². The molecule has 0 radical (unpaired) electrons. The number of hydrogen-bond acceptors (Lipinski definition) is 4. The van der Waals surface area contributed by atoms with Gasteiger partial charge in [0.1, 0.15) is 0 Å². The standard InChI is InChI=1S/C20H24F2N2O4S/c1-2-3-9-16(12-20(25)23-28-14-15-7-5-4-6-8-15)24-29(26,27)17-10-11-18(21)19(22)13-17/h4-8,10-11,13,16,24H,2-3,9,12,14H2,1H3,(H,23,25)/t16-/m0/s1. The number of unbranched alkanes of at least 4 members (excludes halogenated alkanes) is 1. The van der Waals surface area contributed by atoms with E-state index in [1.54, 1.807) is 0 Å². The van der Waals surface area contributed by atoms with Gasteiger partial charge in [-0.3, -0.25) is 9.63 Å². The number of hydrogen-bond donors (Lipinski definition) is 2. The normalized spacial score (nSPS) is 12.5. The van der Waals surface area contributed by atoms with Crippen molar-refractivity contribution in [2.24, 2.45) is 0 Å². The molecule has 0 aliphatic rings. The van der Waals surface area contributed by atoms with Gasteiger partial charge in [-0.1, -0.05) is 50.1 Å². The van der Waals surface area contributed by atoms with Gasteiger partial charge in [-0.25, -0.2) is 27.4 Å². The number of carbonyl (C=O) groups excluding carboxylic acids is 1. The molecule has 9 heteroatoms. The molecule has 0 unspecified atom stereocenters. The molecule has 158 valence electrons. The van der Waals surface area contributed by atoms with Crippen molar-refractivity contribution >= 4 is 15.9 Å². The number of sulfonamides is 1. The number of hydroxylamine groups is 1. The van der Waals surface area contributed by atoms with Gasteiger partial charge in [0.2, 0.25) is 15.9 Å². The molecule has 0 bridgehead atoms. The lowest BCUT2D eigenvalue weighted by Crippen LogP contribution is -2.39. The Morgan fingerprint density at radius 3 is 2.48 bits per heavy atom. The molecule has 0 spiro atoms. The van der Waals surface area contributed by atoms with E-state index < -0.39 is 38.5 Å². The van der Waals surface area contributed by atoms with Crippen LogP contribution in [0.5, 0.6) is 0 Å². The fraction of sp³-hybridized carbons (Fsp3) is 0.350. The van der Waals surface area contributed by atoms with Crippen LogP contribution >= 0.6 is 0 Å². The minimum Gasteiger partial charge on any atom is -0.273 e. The fourth-order valence-corrected chi connectivity index (χ4v) is 3.91. The van der Waals surface area contributed by atoms with Crippen molar-refractivity contribution in [1.29, 1.82) is 0 Å². The Kier molecular flexibility index (Phi) is 8.69. The molecule has 1 amide bonds. The van der Waals surface area contributed by atoms with Gasteiger partial charge in [-0.15, -0.1) is 0 Å². The van der Waals surface area contributed by atoms with Crippen LogP contribution in [-0.2, 0) is 26.3 Å². The monoisotopic (exact) mass is 426 g/mol. The molecule has 0 aromatic heterocycles. The van der Waals surface area contributed by atoms with Gasteiger partial charge in [-0.2, -0.15) is 0 Å². The number of amides is 1. The van der Waals surface area contributed by atoms with E-state index in [1.807, 2.05) is 37.3 Å². The minimum absolute atomic E-state index is 0.155. The van der Waals surface area contributed by atoms with Crippen LogP contribution in [0.4, 0.5) is 8.78 Å². The highest BCUT2D eigenvalue weighted by Crippen LogP contribution is 2.16. The van der Waals surface area contributed by atoms with Gasteiger partial charge in [0.25, 0.3) is 0 Å². The lowest BCUT2D eigenvalue weighted by Gasteiger charge is -2.18. The number of carbonyl (C=O) groups is 1. The predicted molar refractivity (Wildman–Crippen MR) is 104 cm³/mol. The Morgan fingerprint density at radius 2 is 1.83 bits per heavy atom. The molecule has 2 aromatic rings. The Bertz CT molecular complexity index is 908. The second-order valence-electron chi connectivity index (χ2n) is 6.54. The first-order valence-electron chi connectivity index (χ1n) is 9.23. The summed E-state index contributed by atoms with van der Waals surface area (Å²) < 4.78 is 53.8. The SMILES string of the molecule is CCCC[C@@H](CC(=O)NOCc1ccccc1)NS(=O)(=O)c1ccc(F)c(F)c1. The van der Waals surface area contributed by atoms with Crippen LogP contribution in [0.2, 0.25) is 0 Å². The van der Waals surface area contributed by atoms with Gasteiger partial charge in [0, 0.05) is 12.5 Å². The van der Waals surface area contributed by atoms with Crippen LogP contribution in [0.3, 0.4) is 0 Å². The van der Waals surface area contributed by atoms with Crippen molar-refractivity contribution in [3.8, 4) is 0 Å². The Morgan fingerprint density at radius 1 is 1.10 bits per heavy atom. The van der Waals surface area contributed by atoms with Gasteiger partial charge >= 0.3 is 0 Å². The molecule has 2 aromatic carbocycles. The molecule has 0 saturated carbocycles. The molecular weight excluding hydrogens is 402 g/mol. The lowest BCUT2D eigenvalue weighted by atomic mass is 10.1. The van der Waals surface area contributed by atoms with Gasteiger partial charge in [0.15, 0.2) is 11.6 Å². The number of rotatable bonds is 11. The van der Waals surface area contributed by atoms with Crippen molar-refractivity contribution in [3.05, 3.63) is 65.7 Å². The van der Waals surface area contributed by atoms with E-state index in [0.29, 0.717) is 18.9 Å². The molecule has 1 atom stereocenters. The van der Waals surface area contributed by atoms with Crippen molar-refractivity contribution in [2.45, 2.75) is 50.2 Å². The summed E-state index contributed by atoms with van der Waals surface area (Å²) in [5.41, 5.74) is 3.17. The minimum atomic E-state index is -4.12. The maximum Gasteiger partial charge on any atom is 0.245 e. The smallest absolute Gasteiger partial charge is 0.245 e. The van der Waals surface area contributed by atoms with E-state index in [9.17, 15) is 22.0 Å². The first-order chi connectivity index (χ1) is 13.8. The molecule has 2 N–H and O–H groups in total. The van der Waals surface area contributed by atoms with E-state index >= 15 is 0 Å². The average Bonchev–Trinajstić information content (AvgIpc) is 2.68. The molecule has 0 aliphatic carbocycles. The van der Waals surface area contributed by atoms with Crippen LogP contribution in [0.15, 0.2) is 53.4 Å². The van der Waals surface area contributed by atoms with Gasteiger partial charge in [-0.05, 0) is 30.2 Å². The summed E-state index contributed by atoms with van der Waals surface area (Å²) in [6.45, 7) is 2.11. The van der Waals surface area contributed by atoms with Crippen molar-refractivity contribution < 1.29 is 26.8 Å². The molecule has 0 aliphatic heterocycles. The first-order valence-corrected chi connectivity index (χ1v) is 10.7. The molecule has 6 nitrogen and oxygen atoms in total. The van der Waals surface area contributed by atoms with Crippen LogP contribution < -0.4 is 10.2 Å². The second kappa shape index (κ2) is 11.0. The molecule has 0 saturated heterocycles. The highest BCUT2D eigenvalue weighted by atomic mass is 32.2.